The van der Waals surface area contributed by atoms with Gasteiger partial charge in [0.05, 0.1) is 5.69 Å². The zero-order valence-electron chi connectivity index (χ0n) is 12.2. The van der Waals surface area contributed by atoms with E-state index in [-0.39, 0.29) is 5.96 Å². The Hall–Kier alpha value is -1.56. The van der Waals surface area contributed by atoms with Crippen LogP contribution in [-0.4, -0.2) is 47.3 Å². The zero-order chi connectivity index (χ0) is 14.1. The first-order valence-corrected chi connectivity index (χ1v) is 7.55. The first-order valence-electron chi connectivity index (χ1n) is 7.55. The summed E-state index contributed by atoms with van der Waals surface area (Å²) in [7, 11) is 2.17. The molecule has 110 valence electrons. The molecular weight excluding hydrogens is 252 g/mol. The van der Waals surface area contributed by atoms with E-state index >= 15 is 0 Å². The minimum Gasteiger partial charge on any atom is -0.370 e. The number of nitrogens with zero attached hydrogens (tertiary/aromatic N) is 3. The number of hydrogen-bond donors (Lipinski definition) is 3. The van der Waals surface area contributed by atoms with Gasteiger partial charge in [-0.3, -0.25) is 5.41 Å². The Kier molecular flexibility index (Phi) is 3.65. The van der Waals surface area contributed by atoms with Crippen LogP contribution in [0, 0.1) is 5.41 Å². The molecule has 6 nitrogen and oxygen atoms in total. The minimum absolute atomic E-state index is 0.00910. The van der Waals surface area contributed by atoms with E-state index in [1.54, 1.807) is 4.68 Å². The third-order valence-electron chi connectivity index (χ3n) is 4.49. The Bertz CT molecular complexity index is 498. The van der Waals surface area contributed by atoms with Crippen molar-refractivity contribution in [2.75, 3.05) is 32.0 Å². The first kappa shape index (κ1) is 13.4. The number of nitrogens with two attached hydrogens (primary N) is 1. The lowest BCUT2D eigenvalue weighted by Crippen LogP contribution is -2.30. The molecular formula is C14H24N6. The fraction of sp³-hybridized carbons (Fsp3) is 0.714. The number of hydrogen-bond acceptors (Lipinski definition) is 4. The second-order valence-electron chi connectivity index (χ2n) is 5.97. The lowest BCUT2D eigenvalue weighted by molar-refractivity contribution is 0.252. The van der Waals surface area contributed by atoms with Crippen LogP contribution in [0.4, 0.5) is 5.82 Å². The van der Waals surface area contributed by atoms with E-state index < -0.39 is 0 Å². The van der Waals surface area contributed by atoms with Crippen molar-refractivity contribution in [3.05, 3.63) is 11.3 Å². The molecule has 0 atom stereocenters. The average molecular weight is 276 g/mol. The predicted molar refractivity (Wildman–Crippen MR) is 80.4 cm³/mol. The van der Waals surface area contributed by atoms with Crippen LogP contribution in [0.3, 0.4) is 0 Å². The summed E-state index contributed by atoms with van der Waals surface area (Å²) in [5.74, 6) is 1.49. The normalized spacial score (nSPS) is 21.1. The number of likely N-dealkylation sites (tertiary alicyclic amines) is 1. The smallest absolute Gasteiger partial charge is 0.215 e. The minimum atomic E-state index is 0.00910. The van der Waals surface area contributed by atoms with Crippen molar-refractivity contribution in [2.24, 2.45) is 5.73 Å². The molecule has 0 aromatic carbocycles. The second-order valence-corrected chi connectivity index (χ2v) is 5.97. The van der Waals surface area contributed by atoms with Gasteiger partial charge in [-0.15, -0.1) is 0 Å². The molecule has 0 radical (unpaired) electrons. The third-order valence-corrected chi connectivity index (χ3v) is 4.49. The van der Waals surface area contributed by atoms with Crippen LogP contribution < -0.4 is 11.1 Å². The summed E-state index contributed by atoms with van der Waals surface area (Å²) in [4.78, 5) is 2.37. The van der Waals surface area contributed by atoms with E-state index in [1.807, 2.05) is 0 Å². The lowest BCUT2D eigenvalue weighted by Gasteiger charge is -2.28. The maximum absolute atomic E-state index is 7.74. The Morgan fingerprint density at radius 3 is 2.80 bits per heavy atom. The number of piperidine rings is 1. The van der Waals surface area contributed by atoms with Crippen molar-refractivity contribution in [3.8, 4) is 0 Å². The summed E-state index contributed by atoms with van der Waals surface area (Å²) >= 11 is 0. The van der Waals surface area contributed by atoms with Gasteiger partial charge in [-0.05, 0) is 52.2 Å². The molecule has 0 amide bonds. The largest absolute Gasteiger partial charge is 0.370 e. The molecule has 0 aliphatic carbocycles. The fourth-order valence-electron chi connectivity index (χ4n) is 3.31. The number of nitrogen functional groups attached to an aromatic ring is 1. The van der Waals surface area contributed by atoms with E-state index in [0.717, 1.165) is 44.7 Å². The average Bonchev–Trinajstić information content (AvgIpc) is 2.63. The topological polar surface area (TPSA) is 83.0 Å². The second kappa shape index (κ2) is 5.44. The van der Waals surface area contributed by atoms with Gasteiger partial charge in [0.25, 0.3) is 0 Å². The van der Waals surface area contributed by atoms with Crippen LogP contribution in [0.25, 0.3) is 0 Å². The van der Waals surface area contributed by atoms with Gasteiger partial charge >= 0.3 is 0 Å². The quantitative estimate of drug-likeness (QED) is 0.531. The summed E-state index contributed by atoms with van der Waals surface area (Å²) in [6.45, 7) is 3.19. The maximum atomic E-state index is 7.74. The van der Waals surface area contributed by atoms with Gasteiger partial charge in [-0.25, -0.2) is 0 Å². The van der Waals surface area contributed by atoms with Crippen LogP contribution in [0.1, 0.15) is 42.9 Å². The molecule has 3 rings (SSSR count). The van der Waals surface area contributed by atoms with E-state index in [4.69, 9.17) is 11.1 Å². The number of aromatic nitrogens is 2. The first-order chi connectivity index (χ1) is 9.66. The Morgan fingerprint density at radius 1 is 1.35 bits per heavy atom. The third kappa shape index (κ3) is 2.40. The molecule has 2 aliphatic rings. The highest BCUT2D eigenvalue weighted by atomic mass is 15.4. The molecule has 20 heavy (non-hydrogen) atoms. The van der Waals surface area contributed by atoms with Gasteiger partial charge in [0.1, 0.15) is 5.82 Å². The van der Waals surface area contributed by atoms with Gasteiger partial charge in [-0.1, -0.05) is 0 Å². The van der Waals surface area contributed by atoms with Crippen LogP contribution in [-0.2, 0) is 6.42 Å². The van der Waals surface area contributed by atoms with Gasteiger partial charge in [0, 0.05) is 18.0 Å². The molecule has 4 N–H and O–H groups in total. The number of anilines is 1. The molecule has 1 saturated heterocycles. The highest BCUT2D eigenvalue weighted by Gasteiger charge is 2.28. The van der Waals surface area contributed by atoms with E-state index in [9.17, 15) is 0 Å². The standard InChI is InChI=1S/C14H24N6/c1-19-8-5-10(6-9-19)12-11-4-2-3-7-17-13(11)20(18-12)14(15)16/h10,17H,2-9H2,1H3,(H3,15,16). The van der Waals surface area contributed by atoms with Crippen molar-refractivity contribution in [1.29, 1.82) is 5.41 Å². The molecule has 1 fully saturated rings. The van der Waals surface area contributed by atoms with Crippen molar-refractivity contribution < 1.29 is 0 Å². The molecule has 0 saturated carbocycles. The van der Waals surface area contributed by atoms with Gasteiger partial charge in [0.15, 0.2) is 0 Å². The van der Waals surface area contributed by atoms with Gasteiger partial charge in [-0.2, -0.15) is 9.78 Å². The SMILES string of the molecule is CN1CCC(c2nn(C(=N)N)c3c2CCCCN3)CC1. The Balaban J connectivity index is 1.96. The summed E-state index contributed by atoms with van der Waals surface area (Å²) in [6, 6.07) is 0. The maximum Gasteiger partial charge on any atom is 0.215 e. The fourth-order valence-corrected chi connectivity index (χ4v) is 3.31. The molecule has 2 aliphatic heterocycles. The molecule has 0 spiro atoms. The summed E-state index contributed by atoms with van der Waals surface area (Å²) < 4.78 is 1.59. The van der Waals surface area contributed by atoms with Crippen LogP contribution in [0.15, 0.2) is 0 Å². The number of fused-ring (bicyclic) bond motifs is 1. The number of nitrogens with one attached hydrogen (secondary N) is 2. The number of rotatable bonds is 1. The monoisotopic (exact) mass is 276 g/mol. The van der Waals surface area contributed by atoms with Crippen LogP contribution in [0.2, 0.25) is 0 Å². The van der Waals surface area contributed by atoms with Crippen molar-refractivity contribution in [3.63, 3.8) is 0 Å². The predicted octanol–water partition coefficient (Wildman–Crippen LogP) is 1.18. The summed E-state index contributed by atoms with van der Waals surface area (Å²) in [5, 5.41) is 15.8. The summed E-state index contributed by atoms with van der Waals surface area (Å²) in [6.07, 6.45) is 5.70. The van der Waals surface area contributed by atoms with Crippen molar-refractivity contribution in [1.82, 2.24) is 14.7 Å². The van der Waals surface area contributed by atoms with E-state index in [2.05, 4.69) is 22.4 Å². The van der Waals surface area contributed by atoms with Crippen LogP contribution >= 0.6 is 0 Å². The lowest BCUT2D eigenvalue weighted by atomic mass is 9.90. The molecule has 6 heteroatoms. The zero-order valence-corrected chi connectivity index (χ0v) is 12.2. The van der Waals surface area contributed by atoms with E-state index in [1.165, 1.54) is 24.1 Å². The molecule has 3 heterocycles. The molecule has 0 bridgehead atoms. The van der Waals surface area contributed by atoms with Crippen molar-refractivity contribution in [2.45, 2.75) is 38.0 Å². The Labute approximate surface area is 119 Å². The van der Waals surface area contributed by atoms with Crippen molar-refractivity contribution >= 4 is 11.8 Å². The molecule has 1 aromatic heterocycles. The summed E-state index contributed by atoms with van der Waals surface area (Å²) in [5.41, 5.74) is 8.17. The van der Waals surface area contributed by atoms with E-state index in [0.29, 0.717) is 5.92 Å². The molecule has 1 aromatic rings. The Morgan fingerprint density at radius 2 is 2.10 bits per heavy atom. The highest BCUT2D eigenvalue weighted by molar-refractivity contribution is 5.81. The van der Waals surface area contributed by atoms with Gasteiger partial charge < -0.3 is 16.0 Å². The van der Waals surface area contributed by atoms with Gasteiger partial charge in [0.2, 0.25) is 5.96 Å². The van der Waals surface area contributed by atoms with Crippen LogP contribution in [0.5, 0.6) is 0 Å². The molecule has 0 unspecified atom stereocenters. The highest BCUT2D eigenvalue weighted by Crippen LogP contribution is 2.34.